The second-order valence-electron chi connectivity index (χ2n) is 4.46. The normalized spacial score (nSPS) is 11.1. The third-order valence-corrected chi connectivity index (χ3v) is 2.91. The van der Waals surface area contributed by atoms with E-state index >= 15 is 0 Å². The van der Waals surface area contributed by atoms with Crippen molar-refractivity contribution in [1.29, 1.82) is 0 Å². The highest BCUT2D eigenvalue weighted by Gasteiger charge is 2.35. The van der Waals surface area contributed by atoms with E-state index in [9.17, 15) is 14.0 Å². The summed E-state index contributed by atoms with van der Waals surface area (Å²) in [5.41, 5.74) is 3.92. The molecule has 0 radical (unpaired) electrons. The number of carboxylic acid groups (broad SMARTS) is 1. The van der Waals surface area contributed by atoms with Crippen LogP contribution in [-0.2, 0) is 4.79 Å². The third-order valence-electron chi connectivity index (χ3n) is 2.91. The molecular formula is C12H15FN2O3. The molecule has 0 aliphatic rings. The summed E-state index contributed by atoms with van der Waals surface area (Å²) in [6.45, 7) is 2.78. The fourth-order valence-electron chi connectivity index (χ4n) is 1.25. The molecule has 1 rings (SSSR count). The largest absolute Gasteiger partial charge is 0.480 e. The highest BCUT2D eigenvalue weighted by Crippen LogP contribution is 2.18. The van der Waals surface area contributed by atoms with E-state index in [0.29, 0.717) is 0 Å². The molecule has 0 spiro atoms. The number of hydrogen-bond donors (Lipinski definition) is 2. The number of nitrogens with zero attached hydrogens (tertiary/aromatic N) is 1. The Bertz CT molecular complexity index is 500. The topological polar surface area (TPSA) is 83.6 Å². The molecular weight excluding hydrogens is 239 g/mol. The van der Waals surface area contributed by atoms with Crippen LogP contribution in [0.2, 0.25) is 0 Å². The fourth-order valence-corrected chi connectivity index (χ4v) is 1.25. The van der Waals surface area contributed by atoms with Crippen molar-refractivity contribution in [1.82, 2.24) is 4.90 Å². The number of anilines is 1. The molecule has 0 atom stereocenters. The Hall–Kier alpha value is -2.11. The number of nitrogen functional groups attached to an aromatic ring is 1. The molecule has 6 heteroatoms. The molecule has 0 unspecified atom stereocenters. The second-order valence-corrected chi connectivity index (χ2v) is 4.46. The highest BCUT2D eigenvalue weighted by atomic mass is 19.1. The first-order valence-electron chi connectivity index (χ1n) is 5.24. The molecule has 5 nitrogen and oxygen atoms in total. The van der Waals surface area contributed by atoms with Crippen LogP contribution in [0.25, 0.3) is 0 Å². The molecule has 0 fully saturated rings. The van der Waals surface area contributed by atoms with Crippen LogP contribution in [0, 0.1) is 5.82 Å². The maximum absolute atomic E-state index is 13.2. The lowest BCUT2D eigenvalue weighted by atomic mass is 10.0. The Labute approximate surface area is 104 Å². The summed E-state index contributed by atoms with van der Waals surface area (Å²) < 4.78 is 13.2. The van der Waals surface area contributed by atoms with Crippen LogP contribution in [0.1, 0.15) is 24.2 Å². The van der Waals surface area contributed by atoms with Crippen LogP contribution < -0.4 is 5.73 Å². The lowest BCUT2D eigenvalue weighted by molar-refractivity contribution is -0.147. The maximum Gasteiger partial charge on any atom is 0.329 e. The molecule has 3 N–H and O–H groups in total. The van der Waals surface area contributed by atoms with Crippen LogP contribution in [0.4, 0.5) is 10.1 Å². The zero-order valence-electron chi connectivity index (χ0n) is 10.4. The standard InChI is InChI=1S/C12H15FN2O3/c1-12(2,11(17)18)15(3)10(16)7-4-5-9(14)8(13)6-7/h4-6H,14H2,1-3H3,(H,17,18). The van der Waals surface area contributed by atoms with Gasteiger partial charge in [-0.05, 0) is 32.0 Å². The van der Waals surface area contributed by atoms with Gasteiger partial charge in [-0.15, -0.1) is 0 Å². The van der Waals surface area contributed by atoms with Crippen molar-refractivity contribution in [3.8, 4) is 0 Å². The lowest BCUT2D eigenvalue weighted by Gasteiger charge is -2.31. The first-order valence-corrected chi connectivity index (χ1v) is 5.24. The minimum Gasteiger partial charge on any atom is -0.480 e. The van der Waals surface area contributed by atoms with Gasteiger partial charge in [0.25, 0.3) is 5.91 Å². The second kappa shape index (κ2) is 4.64. The van der Waals surface area contributed by atoms with Gasteiger partial charge >= 0.3 is 5.97 Å². The predicted molar refractivity (Wildman–Crippen MR) is 64.6 cm³/mol. The van der Waals surface area contributed by atoms with Gasteiger partial charge in [0, 0.05) is 12.6 Å². The Balaban J connectivity index is 3.07. The number of aliphatic carboxylic acids is 1. The average molecular weight is 254 g/mol. The molecule has 1 amide bonds. The Kier molecular flexibility index (Phi) is 3.59. The van der Waals surface area contributed by atoms with E-state index in [1.807, 2.05) is 0 Å². The van der Waals surface area contributed by atoms with E-state index in [-0.39, 0.29) is 11.3 Å². The van der Waals surface area contributed by atoms with Crippen molar-refractivity contribution < 1.29 is 19.1 Å². The first-order chi connectivity index (χ1) is 8.17. The minimum absolute atomic E-state index is 0.0542. The van der Waals surface area contributed by atoms with E-state index in [1.165, 1.54) is 33.0 Å². The predicted octanol–water partition coefficient (Wildman–Crippen LogP) is 1.34. The summed E-state index contributed by atoms with van der Waals surface area (Å²) in [6, 6.07) is 3.62. The van der Waals surface area contributed by atoms with E-state index in [0.717, 1.165) is 11.0 Å². The number of amides is 1. The van der Waals surface area contributed by atoms with Crippen molar-refractivity contribution >= 4 is 17.6 Å². The number of benzene rings is 1. The third kappa shape index (κ3) is 2.42. The number of hydrogen-bond acceptors (Lipinski definition) is 3. The van der Waals surface area contributed by atoms with Crippen LogP contribution in [-0.4, -0.2) is 34.5 Å². The van der Waals surface area contributed by atoms with E-state index in [4.69, 9.17) is 10.8 Å². The molecule has 0 aliphatic heterocycles. The molecule has 0 saturated carbocycles. The van der Waals surface area contributed by atoms with Crippen LogP contribution >= 0.6 is 0 Å². The molecule has 0 aromatic heterocycles. The number of carbonyl (C=O) groups is 2. The van der Waals surface area contributed by atoms with Gasteiger partial charge in [-0.25, -0.2) is 9.18 Å². The Morgan fingerprint density at radius 2 is 1.94 bits per heavy atom. The molecule has 0 bridgehead atoms. The summed E-state index contributed by atoms with van der Waals surface area (Å²) in [4.78, 5) is 24.1. The van der Waals surface area contributed by atoms with Gasteiger partial charge in [0.15, 0.2) is 0 Å². The van der Waals surface area contributed by atoms with Crippen molar-refractivity contribution in [2.45, 2.75) is 19.4 Å². The minimum atomic E-state index is -1.38. The summed E-state index contributed by atoms with van der Waals surface area (Å²) in [7, 11) is 1.35. The number of carbonyl (C=O) groups excluding carboxylic acids is 1. The summed E-state index contributed by atoms with van der Waals surface area (Å²) in [5, 5.41) is 9.02. The van der Waals surface area contributed by atoms with E-state index < -0.39 is 23.2 Å². The summed E-state index contributed by atoms with van der Waals surface area (Å²) in [6.07, 6.45) is 0. The van der Waals surface area contributed by atoms with Crippen molar-refractivity contribution in [2.75, 3.05) is 12.8 Å². The van der Waals surface area contributed by atoms with E-state index in [2.05, 4.69) is 0 Å². The number of carboxylic acids is 1. The van der Waals surface area contributed by atoms with Crippen LogP contribution in [0.15, 0.2) is 18.2 Å². The number of nitrogens with two attached hydrogens (primary N) is 1. The average Bonchev–Trinajstić information content (AvgIpc) is 2.30. The Morgan fingerprint density at radius 3 is 2.39 bits per heavy atom. The first kappa shape index (κ1) is 14.0. The number of rotatable bonds is 3. The molecule has 0 saturated heterocycles. The molecule has 18 heavy (non-hydrogen) atoms. The van der Waals surface area contributed by atoms with Gasteiger partial charge < -0.3 is 15.7 Å². The van der Waals surface area contributed by atoms with E-state index in [1.54, 1.807) is 0 Å². The van der Waals surface area contributed by atoms with Crippen LogP contribution in [0.3, 0.4) is 0 Å². The molecule has 1 aromatic carbocycles. The summed E-state index contributed by atoms with van der Waals surface area (Å²) in [5.74, 6) is -2.43. The fraction of sp³-hybridized carbons (Fsp3) is 0.333. The number of halogens is 1. The van der Waals surface area contributed by atoms with Crippen molar-refractivity contribution in [2.24, 2.45) is 0 Å². The quantitative estimate of drug-likeness (QED) is 0.797. The van der Waals surface area contributed by atoms with Gasteiger partial charge in [-0.1, -0.05) is 0 Å². The van der Waals surface area contributed by atoms with Gasteiger partial charge in [0.05, 0.1) is 5.69 Å². The monoisotopic (exact) mass is 254 g/mol. The molecule has 1 aromatic rings. The zero-order valence-corrected chi connectivity index (χ0v) is 10.4. The zero-order chi connectivity index (χ0) is 14.1. The maximum atomic E-state index is 13.2. The van der Waals surface area contributed by atoms with Crippen molar-refractivity contribution in [3.63, 3.8) is 0 Å². The van der Waals surface area contributed by atoms with Gasteiger partial charge in [-0.2, -0.15) is 0 Å². The van der Waals surface area contributed by atoms with Gasteiger partial charge in [0.1, 0.15) is 11.4 Å². The van der Waals surface area contributed by atoms with Crippen molar-refractivity contribution in [3.05, 3.63) is 29.6 Å². The Morgan fingerprint density at radius 1 is 1.39 bits per heavy atom. The SMILES string of the molecule is CN(C(=O)c1ccc(N)c(F)c1)C(C)(C)C(=O)O. The smallest absolute Gasteiger partial charge is 0.329 e. The molecule has 0 aliphatic carbocycles. The lowest BCUT2D eigenvalue weighted by Crippen LogP contribution is -2.50. The molecule has 0 heterocycles. The number of likely N-dealkylation sites (N-methyl/N-ethyl adjacent to an activating group) is 1. The highest BCUT2D eigenvalue weighted by molar-refractivity contribution is 5.97. The van der Waals surface area contributed by atoms with Gasteiger partial charge in [-0.3, -0.25) is 4.79 Å². The molecule has 98 valence electrons. The summed E-state index contributed by atoms with van der Waals surface area (Å²) >= 11 is 0. The van der Waals surface area contributed by atoms with Crippen LogP contribution in [0.5, 0.6) is 0 Å². The van der Waals surface area contributed by atoms with Gasteiger partial charge in [0.2, 0.25) is 0 Å².